The Morgan fingerprint density at radius 3 is 2.37 bits per heavy atom. The summed E-state index contributed by atoms with van der Waals surface area (Å²) in [6.45, 7) is 2.61. The fraction of sp³-hybridized carbons (Fsp3) is 0.231. The Labute approximate surface area is 120 Å². The molecule has 3 nitrogen and oxygen atoms in total. The van der Waals surface area contributed by atoms with Crippen molar-refractivity contribution < 1.29 is 9.13 Å². The second kappa shape index (κ2) is 6.28. The van der Waals surface area contributed by atoms with Gasteiger partial charge in [0.2, 0.25) is 0 Å². The summed E-state index contributed by atoms with van der Waals surface area (Å²) in [6, 6.07) is 6.19. The highest BCUT2D eigenvalue weighted by atomic mass is 35.5. The van der Waals surface area contributed by atoms with Gasteiger partial charge in [0.1, 0.15) is 22.7 Å². The lowest BCUT2D eigenvalue weighted by molar-refractivity contribution is 0.128. The second-order valence-corrected chi connectivity index (χ2v) is 4.43. The van der Waals surface area contributed by atoms with E-state index < -0.39 is 5.82 Å². The van der Waals surface area contributed by atoms with Crippen LogP contribution in [0.25, 0.3) is 11.1 Å². The van der Waals surface area contributed by atoms with Crippen molar-refractivity contribution in [2.75, 3.05) is 6.61 Å². The monoisotopic (exact) mass is 300 g/mol. The molecule has 1 aromatic carbocycles. The molecule has 1 heterocycles. The summed E-state index contributed by atoms with van der Waals surface area (Å²) in [7, 11) is 0. The molecular weight excluding hydrogens is 290 g/mol. The molecule has 0 aliphatic rings. The Morgan fingerprint density at radius 1 is 1.16 bits per heavy atom. The van der Waals surface area contributed by atoms with Crippen LogP contribution >= 0.6 is 23.2 Å². The van der Waals surface area contributed by atoms with Crippen LogP contribution in [-0.4, -0.2) is 16.6 Å². The summed E-state index contributed by atoms with van der Waals surface area (Å²) in [5, 5.41) is 0.222. The van der Waals surface area contributed by atoms with Crippen molar-refractivity contribution in [3.05, 3.63) is 46.2 Å². The minimum Gasteiger partial charge on any atom is -0.374 e. The highest BCUT2D eigenvalue weighted by Gasteiger charge is 2.16. The first-order chi connectivity index (χ1) is 9.13. The number of ether oxygens (including phenoxy) is 1. The summed E-state index contributed by atoms with van der Waals surface area (Å²) >= 11 is 12.1. The largest absolute Gasteiger partial charge is 0.374 e. The minimum atomic E-state index is -0.424. The predicted octanol–water partition coefficient (Wildman–Crippen LogP) is 4.13. The van der Waals surface area contributed by atoms with E-state index in [1.807, 2.05) is 6.92 Å². The van der Waals surface area contributed by atoms with E-state index >= 15 is 0 Å². The number of hydrogen-bond acceptors (Lipinski definition) is 3. The van der Waals surface area contributed by atoms with Crippen LogP contribution in [0.2, 0.25) is 10.3 Å². The number of halogens is 3. The molecule has 0 spiro atoms. The van der Waals surface area contributed by atoms with Crippen molar-refractivity contribution in [1.29, 1.82) is 0 Å². The first kappa shape index (κ1) is 14.2. The van der Waals surface area contributed by atoms with E-state index in [4.69, 9.17) is 27.9 Å². The minimum absolute atomic E-state index is 0.111. The average Bonchev–Trinajstić information content (AvgIpc) is 2.38. The highest BCUT2D eigenvalue weighted by Crippen LogP contribution is 2.33. The molecule has 0 aliphatic heterocycles. The van der Waals surface area contributed by atoms with Crippen LogP contribution in [0.3, 0.4) is 0 Å². The van der Waals surface area contributed by atoms with E-state index in [0.29, 0.717) is 18.0 Å². The molecule has 0 unspecified atom stereocenters. The van der Waals surface area contributed by atoms with Crippen molar-refractivity contribution >= 4 is 23.2 Å². The highest BCUT2D eigenvalue weighted by molar-refractivity contribution is 6.37. The number of rotatable bonds is 4. The van der Waals surface area contributed by atoms with E-state index in [1.54, 1.807) is 18.2 Å². The van der Waals surface area contributed by atoms with E-state index in [1.165, 1.54) is 6.07 Å². The Balaban J connectivity index is 2.45. The van der Waals surface area contributed by atoms with Gasteiger partial charge in [-0.1, -0.05) is 41.4 Å². The molecule has 2 rings (SSSR count). The summed E-state index contributed by atoms with van der Waals surface area (Å²) < 4.78 is 18.9. The third-order valence-corrected chi connectivity index (χ3v) is 2.99. The van der Waals surface area contributed by atoms with Gasteiger partial charge in [-0.2, -0.15) is 0 Å². The fourth-order valence-corrected chi connectivity index (χ4v) is 2.22. The zero-order valence-corrected chi connectivity index (χ0v) is 11.7. The zero-order chi connectivity index (χ0) is 13.8. The Morgan fingerprint density at radius 2 is 1.79 bits per heavy atom. The van der Waals surface area contributed by atoms with Gasteiger partial charge in [-0.05, 0) is 13.0 Å². The standard InChI is InChI=1S/C13H11Cl2FN2O/c1-2-19-7-10-17-12(14)11(13(15)18-10)8-5-3-4-6-9(8)16/h3-6H,2,7H2,1H3. The molecule has 0 amide bonds. The second-order valence-electron chi connectivity index (χ2n) is 3.71. The van der Waals surface area contributed by atoms with E-state index in [9.17, 15) is 4.39 Å². The van der Waals surface area contributed by atoms with Crippen molar-refractivity contribution in [2.45, 2.75) is 13.5 Å². The van der Waals surface area contributed by atoms with Gasteiger partial charge in [0.05, 0.1) is 5.56 Å². The number of nitrogens with zero attached hydrogens (tertiary/aromatic N) is 2. The molecule has 0 fully saturated rings. The lowest BCUT2D eigenvalue weighted by Crippen LogP contribution is -2.02. The number of benzene rings is 1. The van der Waals surface area contributed by atoms with Crippen molar-refractivity contribution in [2.24, 2.45) is 0 Å². The maximum absolute atomic E-state index is 13.7. The number of hydrogen-bond donors (Lipinski definition) is 0. The predicted molar refractivity (Wildman–Crippen MR) is 72.8 cm³/mol. The SMILES string of the molecule is CCOCc1nc(Cl)c(-c2ccccc2F)c(Cl)n1. The summed E-state index contributed by atoms with van der Waals surface area (Å²) in [5.74, 6) is -0.0515. The van der Waals surface area contributed by atoms with Gasteiger partial charge in [-0.15, -0.1) is 0 Å². The molecule has 6 heteroatoms. The molecule has 100 valence electrons. The van der Waals surface area contributed by atoms with E-state index in [-0.39, 0.29) is 22.5 Å². The molecule has 0 N–H and O–H groups in total. The van der Waals surface area contributed by atoms with E-state index in [0.717, 1.165) is 0 Å². The molecule has 0 radical (unpaired) electrons. The normalized spacial score (nSPS) is 10.7. The molecule has 0 atom stereocenters. The fourth-order valence-electron chi connectivity index (χ4n) is 1.59. The van der Waals surface area contributed by atoms with Gasteiger partial charge >= 0.3 is 0 Å². The maximum atomic E-state index is 13.7. The Kier molecular flexibility index (Phi) is 4.69. The first-order valence-electron chi connectivity index (χ1n) is 5.68. The lowest BCUT2D eigenvalue weighted by atomic mass is 10.1. The van der Waals surface area contributed by atoms with Crippen LogP contribution in [0.5, 0.6) is 0 Å². The van der Waals surface area contributed by atoms with Gasteiger partial charge in [-0.3, -0.25) is 0 Å². The number of aromatic nitrogens is 2. The van der Waals surface area contributed by atoms with E-state index in [2.05, 4.69) is 9.97 Å². The average molecular weight is 301 g/mol. The molecule has 0 aliphatic carbocycles. The third kappa shape index (κ3) is 3.21. The zero-order valence-electron chi connectivity index (χ0n) is 10.2. The van der Waals surface area contributed by atoms with Crippen molar-refractivity contribution in [3.8, 4) is 11.1 Å². The third-order valence-electron chi connectivity index (χ3n) is 2.45. The van der Waals surface area contributed by atoms with Crippen LogP contribution in [0.4, 0.5) is 4.39 Å². The Hall–Kier alpha value is -1.23. The lowest BCUT2D eigenvalue weighted by Gasteiger charge is -2.09. The summed E-state index contributed by atoms with van der Waals surface area (Å²) in [5.41, 5.74) is 0.571. The summed E-state index contributed by atoms with van der Waals surface area (Å²) in [6.07, 6.45) is 0. The molecule has 0 saturated heterocycles. The van der Waals surface area contributed by atoms with Crippen molar-refractivity contribution in [3.63, 3.8) is 0 Å². The Bertz CT molecular complexity index is 570. The van der Waals surface area contributed by atoms with Crippen LogP contribution in [0.1, 0.15) is 12.7 Å². The van der Waals surface area contributed by atoms with Gasteiger partial charge in [0.15, 0.2) is 5.82 Å². The smallest absolute Gasteiger partial charge is 0.157 e. The van der Waals surface area contributed by atoms with Gasteiger partial charge in [0.25, 0.3) is 0 Å². The molecule has 19 heavy (non-hydrogen) atoms. The first-order valence-corrected chi connectivity index (χ1v) is 6.43. The molecular formula is C13H11Cl2FN2O. The van der Waals surface area contributed by atoms with Gasteiger partial charge in [0, 0.05) is 12.2 Å². The molecule has 1 aromatic heterocycles. The van der Waals surface area contributed by atoms with Crippen LogP contribution < -0.4 is 0 Å². The molecule has 0 saturated carbocycles. The van der Waals surface area contributed by atoms with Crippen LogP contribution in [0, 0.1) is 5.82 Å². The van der Waals surface area contributed by atoms with Gasteiger partial charge in [-0.25, -0.2) is 14.4 Å². The summed E-state index contributed by atoms with van der Waals surface area (Å²) in [4.78, 5) is 8.13. The van der Waals surface area contributed by atoms with Crippen LogP contribution in [0.15, 0.2) is 24.3 Å². The molecule has 2 aromatic rings. The van der Waals surface area contributed by atoms with Crippen molar-refractivity contribution in [1.82, 2.24) is 9.97 Å². The quantitative estimate of drug-likeness (QED) is 0.797. The maximum Gasteiger partial charge on any atom is 0.157 e. The molecule has 0 bridgehead atoms. The van der Waals surface area contributed by atoms with Crippen LogP contribution in [-0.2, 0) is 11.3 Å². The topological polar surface area (TPSA) is 35.0 Å². The van der Waals surface area contributed by atoms with Gasteiger partial charge < -0.3 is 4.74 Å².